The van der Waals surface area contributed by atoms with Crippen molar-refractivity contribution in [1.82, 2.24) is 4.57 Å². The molecule has 1 aromatic heterocycles. The summed E-state index contributed by atoms with van der Waals surface area (Å²) >= 11 is 1.94. The molecule has 3 aromatic rings. The van der Waals surface area contributed by atoms with Crippen LogP contribution in [0.2, 0.25) is 0 Å². The van der Waals surface area contributed by atoms with Gasteiger partial charge in [0, 0.05) is 11.3 Å². The molecule has 0 fully saturated rings. The van der Waals surface area contributed by atoms with Crippen LogP contribution in [0.1, 0.15) is 11.1 Å². The van der Waals surface area contributed by atoms with E-state index < -0.39 is 0 Å². The topological polar surface area (TPSA) is 8.81 Å². The average Bonchev–Trinajstić information content (AvgIpc) is 3.10. The Bertz CT molecular complexity index is 831. The highest BCUT2D eigenvalue weighted by molar-refractivity contribution is 7.99. The molecule has 4 rings (SSSR count). The first-order valence-corrected chi connectivity index (χ1v) is 8.63. The maximum absolute atomic E-state index is 2.41. The second kappa shape index (κ2) is 5.33. The van der Waals surface area contributed by atoms with Gasteiger partial charge in [0.25, 0.3) is 0 Å². The van der Waals surface area contributed by atoms with Gasteiger partial charge in [0.15, 0.2) is 5.69 Å². The summed E-state index contributed by atoms with van der Waals surface area (Å²) in [5.41, 5.74) is 6.43. The quantitative estimate of drug-likeness (QED) is 0.646. The molecule has 3 heteroatoms. The summed E-state index contributed by atoms with van der Waals surface area (Å²) in [4.78, 5) is 0. The van der Waals surface area contributed by atoms with Gasteiger partial charge in [-0.05, 0) is 37.2 Å². The standard InChI is InChI=1S/C19H19N2S/c1-14-7-9-16(10-8-14)18-13-20-11-12-22-19(20)21(18)17-6-4-3-5-15(17)2/h3-10,13H,11-12H2,1-2H3/q+1. The van der Waals surface area contributed by atoms with Gasteiger partial charge in [0.05, 0.1) is 0 Å². The van der Waals surface area contributed by atoms with Gasteiger partial charge in [0.1, 0.15) is 18.4 Å². The Morgan fingerprint density at radius 3 is 2.55 bits per heavy atom. The fourth-order valence-corrected chi connectivity index (χ4v) is 4.12. The molecule has 0 saturated heterocycles. The first-order valence-electron chi connectivity index (χ1n) is 7.65. The number of hydrogen-bond acceptors (Lipinski definition) is 1. The van der Waals surface area contributed by atoms with Gasteiger partial charge in [-0.15, -0.1) is 0 Å². The van der Waals surface area contributed by atoms with E-state index in [1.807, 2.05) is 11.8 Å². The number of fused-ring (bicyclic) bond motifs is 1. The zero-order chi connectivity index (χ0) is 15.1. The van der Waals surface area contributed by atoms with E-state index in [-0.39, 0.29) is 0 Å². The molecule has 0 unspecified atom stereocenters. The van der Waals surface area contributed by atoms with E-state index in [0.29, 0.717) is 0 Å². The molecule has 2 aromatic carbocycles. The number of aromatic nitrogens is 2. The normalized spacial score (nSPS) is 13.4. The number of aryl methyl sites for hydroxylation is 3. The summed E-state index contributed by atoms with van der Waals surface area (Å²) < 4.78 is 4.80. The Morgan fingerprint density at radius 2 is 1.77 bits per heavy atom. The molecule has 110 valence electrons. The number of benzene rings is 2. The predicted molar refractivity (Wildman–Crippen MR) is 91.6 cm³/mol. The minimum atomic E-state index is 1.09. The largest absolute Gasteiger partial charge is 0.323 e. The van der Waals surface area contributed by atoms with Crippen LogP contribution >= 0.6 is 11.8 Å². The zero-order valence-electron chi connectivity index (χ0n) is 12.9. The number of imidazole rings is 1. The Kier molecular flexibility index (Phi) is 3.30. The van der Waals surface area contributed by atoms with E-state index in [4.69, 9.17) is 0 Å². The van der Waals surface area contributed by atoms with Crippen molar-refractivity contribution < 1.29 is 4.57 Å². The lowest BCUT2D eigenvalue weighted by atomic mass is 10.1. The minimum absolute atomic E-state index is 1.09. The second-order valence-electron chi connectivity index (χ2n) is 5.83. The highest BCUT2D eigenvalue weighted by Gasteiger charge is 2.30. The van der Waals surface area contributed by atoms with Crippen LogP contribution in [-0.2, 0) is 6.54 Å². The van der Waals surface area contributed by atoms with E-state index in [1.165, 1.54) is 33.2 Å². The lowest BCUT2D eigenvalue weighted by Crippen LogP contribution is -2.30. The first-order chi connectivity index (χ1) is 10.7. The fraction of sp³-hybridized carbons (Fsp3) is 0.211. The van der Waals surface area contributed by atoms with E-state index in [1.54, 1.807) is 0 Å². The molecule has 1 aliphatic heterocycles. The van der Waals surface area contributed by atoms with Gasteiger partial charge < -0.3 is 0 Å². The summed E-state index contributed by atoms with van der Waals surface area (Å²) in [5.74, 6) is 1.16. The molecule has 0 N–H and O–H groups in total. The summed E-state index contributed by atoms with van der Waals surface area (Å²) in [5, 5.41) is 1.34. The van der Waals surface area contributed by atoms with Crippen molar-refractivity contribution in [1.29, 1.82) is 0 Å². The molecule has 0 radical (unpaired) electrons. The monoisotopic (exact) mass is 307 g/mol. The van der Waals surface area contributed by atoms with Crippen molar-refractivity contribution in [2.75, 3.05) is 5.75 Å². The van der Waals surface area contributed by atoms with E-state index in [0.717, 1.165) is 12.3 Å². The summed E-state index contributed by atoms with van der Waals surface area (Å²) in [6.07, 6.45) is 2.30. The van der Waals surface area contributed by atoms with Crippen molar-refractivity contribution >= 4 is 11.8 Å². The zero-order valence-corrected chi connectivity index (χ0v) is 13.7. The van der Waals surface area contributed by atoms with Crippen molar-refractivity contribution in [3.05, 3.63) is 65.9 Å². The third kappa shape index (κ3) is 2.17. The maximum Gasteiger partial charge on any atom is 0.323 e. The van der Waals surface area contributed by atoms with Gasteiger partial charge in [-0.3, -0.25) is 0 Å². The van der Waals surface area contributed by atoms with Crippen LogP contribution in [0, 0.1) is 13.8 Å². The number of rotatable bonds is 2. The highest BCUT2D eigenvalue weighted by Crippen LogP contribution is 2.32. The molecule has 0 bridgehead atoms. The Morgan fingerprint density at radius 1 is 1.00 bits per heavy atom. The number of para-hydroxylation sites is 1. The van der Waals surface area contributed by atoms with Gasteiger partial charge in [-0.25, -0.2) is 4.57 Å². The van der Waals surface area contributed by atoms with E-state index >= 15 is 0 Å². The molecule has 1 aliphatic rings. The molecule has 22 heavy (non-hydrogen) atoms. The minimum Gasteiger partial charge on any atom is -0.223 e. The number of hydrogen-bond donors (Lipinski definition) is 0. The molecule has 0 aliphatic carbocycles. The fourth-order valence-electron chi connectivity index (χ4n) is 3.01. The van der Waals surface area contributed by atoms with Crippen LogP contribution < -0.4 is 4.57 Å². The average molecular weight is 307 g/mol. The third-order valence-corrected chi connectivity index (χ3v) is 5.29. The van der Waals surface area contributed by atoms with Crippen LogP contribution in [0.15, 0.2) is 59.9 Å². The van der Waals surface area contributed by atoms with Gasteiger partial charge >= 0.3 is 5.16 Å². The predicted octanol–water partition coefficient (Wildman–Crippen LogP) is 4.15. The third-order valence-electron chi connectivity index (χ3n) is 4.22. The van der Waals surface area contributed by atoms with E-state index in [9.17, 15) is 0 Å². The molecule has 2 nitrogen and oxygen atoms in total. The van der Waals surface area contributed by atoms with E-state index in [2.05, 4.69) is 77.7 Å². The Hall–Kier alpha value is -2.00. The van der Waals surface area contributed by atoms with Crippen molar-refractivity contribution in [3.63, 3.8) is 0 Å². The molecule has 0 amide bonds. The van der Waals surface area contributed by atoms with Gasteiger partial charge in [-0.1, -0.05) is 48.0 Å². The SMILES string of the molecule is Cc1ccc(-c2c[n+]3c(n2-c2ccccc2C)SCC3)cc1. The van der Waals surface area contributed by atoms with Crippen LogP contribution in [-0.4, -0.2) is 10.3 Å². The molecule has 0 spiro atoms. The maximum atomic E-state index is 2.41. The number of nitrogens with zero attached hydrogens (tertiary/aromatic N) is 2. The lowest BCUT2D eigenvalue weighted by Gasteiger charge is -2.07. The lowest BCUT2D eigenvalue weighted by molar-refractivity contribution is -0.723. The van der Waals surface area contributed by atoms with Crippen LogP contribution in [0.5, 0.6) is 0 Å². The molecule has 0 saturated carbocycles. The Labute approximate surface area is 135 Å². The summed E-state index contributed by atoms with van der Waals surface area (Å²) in [7, 11) is 0. The van der Waals surface area contributed by atoms with Crippen LogP contribution in [0.3, 0.4) is 0 Å². The van der Waals surface area contributed by atoms with Crippen LogP contribution in [0.25, 0.3) is 16.9 Å². The van der Waals surface area contributed by atoms with Crippen molar-refractivity contribution in [2.45, 2.75) is 25.5 Å². The van der Waals surface area contributed by atoms with Crippen molar-refractivity contribution in [3.8, 4) is 16.9 Å². The Balaban J connectivity index is 1.97. The van der Waals surface area contributed by atoms with Gasteiger partial charge in [-0.2, -0.15) is 4.57 Å². The number of thioether (sulfide) groups is 1. The van der Waals surface area contributed by atoms with Crippen molar-refractivity contribution in [2.24, 2.45) is 0 Å². The highest BCUT2D eigenvalue weighted by atomic mass is 32.2. The smallest absolute Gasteiger partial charge is 0.223 e. The summed E-state index contributed by atoms with van der Waals surface area (Å²) in [6.45, 7) is 5.41. The molecule has 0 atom stereocenters. The molecule has 2 heterocycles. The molecular weight excluding hydrogens is 288 g/mol. The second-order valence-corrected chi connectivity index (χ2v) is 6.89. The summed E-state index contributed by atoms with van der Waals surface area (Å²) in [6, 6.07) is 17.4. The molecular formula is C19H19N2S+. The van der Waals surface area contributed by atoms with Gasteiger partial charge in [0.2, 0.25) is 0 Å². The van der Waals surface area contributed by atoms with Crippen LogP contribution in [0.4, 0.5) is 0 Å². The first kappa shape index (κ1) is 13.6.